The molecule has 0 saturated carbocycles. The minimum Gasteiger partial charge on any atom is -0.504 e. The van der Waals surface area contributed by atoms with Crippen LogP contribution in [-0.4, -0.2) is 68.1 Å². The lowest BCUT2D eigenvalue weighted by Gasteiger charge is -2.15. The first-order valence-electron chi connectivity index (χ1n) is 11.0. The number of methoxy groups -OCH3 is 1. The monoisotopic (exact) mass is 516 g/mol. The summed E-state index contributed by atoms with van der Waals surface area (Å²) in [6.45, 7) is 0.269. The summed E-state index contributed by atoms with van der Waals surface area (Å²) in [4.78, 5) is 36.2. The summed E-state index contributed by atoms with van der Waals surface area (Å²) in [6, 6.07) is 3.67. The molecular formula is C25H28N2O10. The molecule has 2 aromatic carbocycles. The maximum absolute atomic E-state index is 12.2. The highest BCUT2D eigenvalue weighted by Gasteiger charge is 2.20. The van der Waals surface area contributed by atoms with Crippen molar-refractivity contribution in [2.45, 2.75) is 25.3 Å². The number of nitrogens with one attached hydrogen (secondary N) is 2. The molecule has 2 aromatic rings. The lowest BCUT2D eigenvalue weighted by atomic mass is 10.1. The number of rotatable bonds is 11. The molecule has 12 nitrogen and oxygen atoms in total. The third-order valence-electron chi connectivity index (χ3n) is 5.06. The molecule has 0 aliphatic heterocycles. The van der Waals surface area contributed by atoms with E-state index in [1.165, 1.54) is 37.5 Å². The van der Waals surface area contributed by atoms with Gasteiger partial charge >= 0.3 is 5.97 Å². The second kappa shape index (κ2) is 13.3. The van der Waals surface area contributed by atoms with Crippen LogP contribution in [0, 0.1) is 0 Å². The van der Waals surface area contributed by atoms with Crippen LogP contribution < -0.4 is 10.6 Å². The van der Waals surface area contributed by atoms with E-state index >= 15 is 0 Å². The number of amides is 2. The zero-order valence-electron chi connectivity index (χ0n) is 19.8. The number of benzene rings is 2. The molecule has 0 fully saturated rings. The molecule has 0 spiro atoms. The Morgan fingerprint density at radius 2 is 1.24 bits per heavy atom. The van der Waals surface area contributed by atoms with Crippen molar-refractivity contribution in [1.29, 1.82) is 0 Å². The average molecular weight is 517 g/mol. The highest BCUT2D eigenvalue weighted by molar-refractivity contribution is 5.94. The first kappa shape index (κ1) is 28.4. The van der Waals surface area contributed by atoms with Crippen molar-refractivity contribution in [2.24, 2.45) is 0 Å². The van der Waals surface area contributed by atoms with Crippen LogP contribution in [0.25, 0.3) is 12.2 Å². The maximum atomic E-state index is 12.2. The van der Waals surface area contributed by atoms with Gasteiger partial charge in [0.15, 0.2) is 34.5 Å². The van der Waals surface area contributed by atoms with Crippen LogP contribution in [-0.2, 0) is 19.1 Å². The molecule has 2 amide bonds. The molecule has 2 rings (SSSR count). The van der Waals surface area contributed by atoms with Gasteiger partial charge in [-0.15, -0.1) is 0 Å². The fraction of sp³-hybridized carbons (Fsp3) is 0.240. The van der Waals surface area contributed by atoms with Gasteiger partial charge in [-0.3, -0.25) is 9.59 Å². The number of phenolic OH excluding ortho intramolecular Hbond substituents is 6. The zero-order valence-corrected chi connectivity index (χ0v) is 19.8. The van der Waals surface area contributed by atoms with Crippen molar-refractivity contribution < 1.29 is 49.8 Å². The topological polar surface area (TPSA) is 206 Å². The molecular weight excluding hydrogens is 488 g/mol. The summed E-state index contributed by atoms with van der Waals surface area (Å²) in [6.07, 6.45) is 6.03. The van der Waals surface area contributed by atoms with E-state index in [4.69, 9.17) is 4.74 Å². The first-order chi connectivity index (χ1) is 17.5. The second-order valence-electron chi connectivity index (χ2n) is 7.85. The number of phenols is 6. The predicted octanol–water partition coefficient (Wildman–Crippen LogP) is 1.59. The van der Waals surface area contributed by atoms with Crippen molar-refractivity contribution in [1.82, 2.24) is 10.6 Å². The van der Waals surface area contributed by atoms with E-state index in [0.717, 1.165) is 18.2 Å². The fourth-order valence-electron chi connectivity index (χ4n) is 3.14. The van der Waals surface area contributed by atoms with E-state index in [-0.39, 0.29) is 18.5 Å². The molecule has 0 radical (unpaired) electrons. The van der Waals surface area contributed by atoms with Crippen molar-refractivity contribution in [3.63, 3.8) is 0 Å². The standard InChI is InChI=1S/C25H28N2O10/c1-37-25(36)16(27-22(33)8-6-15-12-19(30)24(35)20(31)13-15)4-2-3-9-26-21(32)7-5-14-10-17(28)23(34)18(29)11-14/h5-8,10-13,16,28-31,34-35H,2-4,9H2,1H3,(H,26,32)(H,27,33)/b7-5+,8-6+. The molecule has 0 aromatic heterocycles. The number of ether oxygens (including phenoxy) is 1. The van der Waals surface area contributed by atoms with Crippen LogP contribution in [0.5, 0.6) is 34.5 Å². The Kier molecular flexibility index (Phi) is 10.2. The Bertz CT molecular complexity index is 1160. The number of hydrogen-bond donors (Lipinski definition) is 8. The SMILES string of the molecule is COC(=O)C(CCCCNC(=O)/C=C/c1cc(O)c(O)c(O)c1)NC(=O)/C=C/c1cc(O)c(O)c(O)c1. The first-order valence-corrected chi connectivity index (χ1v) is 11.0. The molecule has 0 aliphatic carbocycles. The average Bonchev–Trinajstić information content (AvgIpc) is 2.86. The van der Waals surface area contributed by atoms with Gasteiger partial charge in [-0.2, -0.15) is 0 Å². The van der Waals surface area contributed by atoms with E-state index in [1.807, 2.05) is 0 Å². The van der Waals surface area contributed by atoms with E-state index < -0.39 is 58.3 Å². The van der Waals surface area contributed by atoms with Crippen LogP contribution in [0.4, 0.5) is 0 Å². The highest BCUT2D eigenvalue weighted by atomic mass is 16.5. The normalized spacial score (nSPS) is 11.9. The second-order valence-corrected chi connectivity index (χ2v) is 7.85. The third-order valence-corrected chi connectivity index (χ3v) is 5.06. The van der Waals surface area contributed by atoms with Crippen LogP contribution >= 0.6 is 0 Å². The summed E-state index contributed by atoms with van der Waals surface area (Å²) >= 11 is 0. The van der Waals surface area contributed by atoms with Gasteiger partial charge in [0.05, 0.1) is 7.11 Å². The van der Waals surface area contributed by atoms with E-state index in [1.54, 1.807) is 0 Å². The predicted molar refractivity (Wildman–Crippen MR) is 132 cm³/mol. The number of unbranched alkanes of at least 4 members (excludes halogenated alkanes) is 1. The third kappa shape index (κ3) is 8.69. The van der Waals surface area contributed by atoms with Crippen molar-refractivity contribution in [3.05, 3.63) is 47.5 Å². The van der Waals surface area contributed by atoms with Gasteiger partial charge in [-0.05, 0) is 66.8 Å². The van der Waals surface area contributed by atoms with Crippen molar-refractivity contribution in [2.75, 3.05) is 13.7 Å². The quantitative estimate of drug-likeness (QED) is 0.0936. The van der Waals surface area contributed by atoms with Gasteiger partial charge in [0, 0.05) is 18.7 Å². The molecule has 0 bridgehead atoms. The van der Waals surface area contributed by atoms with Crippen LogP contribution in [0.2, 0.25) is 0 Å². The molecule has 1 atom stereocenters. The maximum Gasteiger partial charge on any atom is 0.328 e. The Morgan fingerprint density at radius 1 is 0.784 bits per heavy atom. The lowest BCUT2D eigenvalue weighted by molar-refractivity contribution is -0.144. The summed E-state index contributed by atoms with van der Waals surface area (Å²) in [7, 11) is 1.18. The number of aromatic hydroxyl groups is 6. The van der Waals surface area contributed by atoms with Crippen molar-refractivity contribution in [3.8, 4) is 34.5 Å². The lowest BCUT2D eigenvalue weighted by Crippen LogP contribution is -2.40. The van der Waals surface area contributed by atoms with Gasteiger partial charge in [0.2, 0.25) is 11.8 Å². The zero-order chi connectivity index (χ0) is 27.5. The molecule has 0 aliphatic rings. The molecule has 0 saturated heterocycles. The minimum atomic E-state index is -0.950. The number of esters is 1. The van der Waals surface area contributed by atoms with E-state index in [2.05, 4.69) is 10.6 Å². The summed E-state index contributed by atoms with van der Waals surface area (Å²) in [5.41, 5.74) is 0.536. The molecule has 12 heteroatoms. The van der Waals surface area contributed by atoms with Crippen molar-refractivity contribution >= 4 is 29.9 Å². The summed E-state index contributed by atoms with van der Waals surface area (Å²) in [5, 5.41) is 61.8. The molecule has 198 valence electrons. The largest absolute Gasteiger partial charge is 0.504 e. The van der Waals surface area contributed by atoms with Gasteiger partial charge < -0.3 is 46.0 Å². The summed E-state index contributed by atoms with van der Waals surface area (Å²) in [5.74, 6) is -5.25. The fourth-order valence-corrected chi connectivity index (χ4v) is 3.14. The number of carbonyl (C=O) groups is 3. The van der Waals surface area contributed by atoms with E-state index in [0.29, 0.717) is 18.4 Å². The Morgan fingerprint density at radius 3 is 1.70 bits per heavy atom. The molecule has 1 unspecified atom stereocenters. The molecule has 8 N–H and O–H groups in total. The Hall–Kier alpha value is -4.87. The Labute approximate surface area is 211 Å². The van der Waals surface area contributed by atoms with Gasteiger partial charge in [0.1, 0.15) is 6.04 Å². The molecule has 37 heavy (non-hydrogen) atoms. The highest BCUT2D eigenvalue weighted by Crippen LogP contribution is 2.36. The van der Waals surface area contributed by atoms with Crippen LogP contribution in [0.3, 0.4) is 0 Å². The van der Waals surface area contributed by atoms with Gasteiger partial charge in [-0.1, -0.05) is 0 Å². The van der Waals surface area contributed by atoms with E-state index in [9.17, 15) is 45.0 Å². The number of carbonyl (C=O) groups excluding carboxylic acids is 3. The summed E-state index contributed by atoms with van der Waals surface area (Å²) < 4.78 is 4.71. The molecule has 0 heterocycles. The van der Waals surface area contributed by atoms with Crippen LogP contribution in [0.15, 0.2) is 36.4 Å². The van der Waals surface area contributed by atoms with Crippen LogP contribution in [0.1, 0.15) is 30.4 Å². The Balaban J connectivity index is 1.81. The smallest absolute Gasteiger partial charge is 0.328 e. The van der Waals surface area contributed by atoms with Gasteiger partial charge in [-0.25, -0.2) is 4.79 Å². The minimum absolute atomic E-state index is 0.227. The number of hydrogen-bond acceptors (Lipinski definition) is 10. The van der Waals surface area contributed by atoms with Gasteiger partial charge in [0.25, 0.3) is 0 Å².